The highest BCUT2D eigenvalue weighted by Crippen LogP contribution is 2.39. The highest BCUT2D eigenvalue weighted by Gasteiger charge is 2.16. The summed E-state index contributed by atoms with van der Waals surface area (Å²) in [6, 6.07) is 11.5. The second-order valence-electron chi connectivity index (χ2n) is 4.15. The van der Waals surface area contributed by atoms with Crippen LogP contribution < -0.4 is 4.74 Å². The van der Waals surface area contributed by atoms with Crippen LogP contribution in [0, 0.1) is 6.07 Å². The third-order valence-corrected chi connectivity index (χ3v) is 5.03. The second kappa shape index (κ2) is 5.87. The van der Waals surface area contributed by atoms with Gasteiger partial charge >= 0.3 is 0 Å². The molecule has 0 saturated heterocycles. The minimum atomic E-state index is -3.32. The Bertz CT molecular complexity index is 732. The highest BCUT2D eigenvalue weighted by atomic mass is 79.9. The van der Waals surface area contributed by atoms with Gasteiger partial charge in [-0.1, -0.05) is 12.1 Å². The molecule has 105 valence electrons. The molecule has 2 aromatic carbocycles. The maximum absolute atomic E-state index is 11.9. The molecule has 0 aromatic heterocycles. The van der Waals surface area contributed by atoms with Crippen molar-refractivity contribution < 1.29 is 13.2 Å². The summed E-state index contributed by atoms with van der Waals surface area (Å²) >= 11 is 6.82. The molecule has 0 N–H and O–H groups in total. The van der Waals surface area contributed by atoms with Crippen molar-refractivity contribution >= 4 is 41.7 Å². The topological polar surface area (TPSA) is 43.4 Å². The van der Waals surface area contributed by atoms with Crippen LogP contribution in [0.2, 0.25) is 0 Å². The Morgan fingerprint density at radius 3 is 2.30 bits per heavy atom. The number of benzene rings is 2. The molecule has 1 radical (unpaired) electrons. The minimum Gasteiger partial charge on any atom is -0.494 e. The SMILES string of the molecule is COc1c(Br)cc(-c2[c]cccc2S(C)(=O)=O)cc1Br. The van der Waals surface area contributed by atoms with E-state index >= 15 is 0 Å². The molecule has 0 aliphatic rings. The summed E-state index contributed by atoms with van der Waals surface area (Å²) in [5.74, 6) is 0.658. The first-order chi connectivity index (χ1) is 9.34. The Balaban J connectivity index is 2.71. The molecular weight excluding hydrogens is 408 g/mol. The number of sulfone groups is 1. The molecule has 0 saturated carbocycles. The van der Waals surface area contributed by atoms with Gasteiger partial charge in [0.25, 0.3) is 0 Å². The van der Waals surface area contributed by atoms with E-state index in [-0.39, 0.29) is 4.90 Å². The summed E-state index contributed by atoms with van der Waals surface area (Å²) in [5, 5.41) is 0. The summed E-state index contributed by atoms with van der Waals surface area (Å²) in [6.45, 7) is 0. The van der Waals surface area contributed by atoms with Crippen LogP contribution in [0.1, 0.15) is 0 Å². The van der Waals surface area contributed by atoms with Gasteiger partial charge in [0.05, 0.1) is 21.0 Å². The van der Waals surface area contributed by atoms with Gasteiger partial charge in [-0.3, -0.25) is 0 Å². The predicted molar refractivity (Wildman–Crippen MR) is 85.8 cm³/mol. The third-order valence-electron chi connectivity index (χ3n) is 2.71. The molecule has 2 rings (SSSR count). The molecule has 0 aliphatic heterocycles. The van der Waals surface area contributed by atoms with E-state index in [2.05, 4.69) is 37.9 Å². The van der Waals surface area contributed by atoms with E-state index in [1.807, 2.05) is 12.1 Å². The zero-order valence-corrected chi connectivity index (χ0v) is 14.8. The first-order valence-electron chi connectivity index (χ1n) is 5.58. The summed E-state index contributed by atoms with van der Waals surface area (Å²) in [7, 11) is -1.75. The highest BCUT2D eigenvalue weighted by molar-refractivity contribution is 9.11. The lowest BCUT2D eigenvalue weighted by molar-refractivity contribution is 0.409. The van der Waals surface area contributed by atoms with Crippen LogP contribution in [0.25, 0.3) is 11.1 Å². The lowest BCUT2D eigenvalue weighted by Crippen LogP contribution is -2.00. The molecule has 0 fully saturated rings. The Labute approximate surface area is 135 Å². The summed E-state index contributed by atoms with van der Waals surface area (Å²) in [4.78, 5) is 0.254. The van der Waals surface area contributed by atoms with Gasteiger partial charge in [-0.25, -0.2) is 8.42 Å². The van der Waals surface area contributed by atoms with Crippen LogP contribution in [0.4, 0.5) is 0 Å². The monoisotopic (exact) mass is 417 g/mol. The molecule has 0 amide bonds. The van der Waals surface area contributed by atoms with Gasteiger partial charge in [-0.05, 0) is 61.7 Å². The van der Waals surface area contributed by atoms with Crippen molar-refractivity contribution in [3.63, 3.8) is 0 Å². The van der Waals surface area contributed by atoms with Crippen LogP contribution in [0.15, 0.2) is 44.2 Å². The van der Waals surface area contributed by atoms with Crippen LogP contribution in [0.5, 0.6) is 5.75 Å². The number of ether oxygens (including phenoxy) is 1. The fraction of sp³-hybridized carbons (Fsp3) is 0.143. The van der Waals surface area contributed by atoms with Gasteiger partial charge in [-0.2, -0.15) is 0 Å². The van der Waals surface area contributed by atoms with Crippen molar-refractivity contribution in [3.05, 3.63) is 45.3 Å². The number of hydrogen-bond donors (Lipinski definition) is 0. The molecule has 0 aliphatic carbocycles. The van der Waals surface area contributed by atoms with Gasteiger partial charge in [0.15, 0.2) is 9.84 Å². The van der Waals surface area contributed by atoms with E-state index in [0.29, 0.717) is 11.3 Å². The van der Waals surface area contributed by atoms with Gasteiger partial charge in [0.1, 0.15) is 5.75 Å². The Morgan fingerprint density at radius 2 is 1.80 bits per heavy atom. The molecule has 0 unspecified atom stereocenters. The number of hydrogen-bond acceptors (Lipinski definition) is 3. The quantitative estimate of drug-likeness (QED) is 0.753. The van der Waals surface area contributed by atoms with Crippen molar-refractivity contribution in [2.75, 3.05) is 13.4 Å². The van der Waals surface area contributed by atoms with E-state index in [1.54, 1.807) is 25.3 Å². The largest absolute Gasteiger partial charge is 0.494 e. The van der Waals surface area contributed by atoms with Gasteiger partial charge < -0.3 is 4.74 Å². The first kappa shape index (κ1) is 15.5. The zero-order chi connectivity index (χ0) is 14.9. The molecule has 20 heavy (non-hydrogen) atoms. The van der Waals surface area contributed by atoms with E-state index < -0.39 is 9.84 Å². The molecule has 0 heterocycles. The molecule has 2 aromatic rings. The van der Waals surface area contributed by atoms with Gasteiger partial charge in [-0.15, -0.1) is 0 Å². The second-order valence-corrected chi connectivity index (χ2v) is 7.85. The Kier molecular flexibility index (Phi) is 4.56. The maximum Gasteiger partial charge on any atom is 0.176 e. The number of halogens is 2. The fourth-order valence-electron chi connectivity index (χ4n) is 1.86. The van der Waals surface area contributed by atoms with E-state index in [4.69, 9.17) is 4.74 Å². The van der Waals surface area contributed by atoms with Crippen LogP contribution in [-0.4, -0.2) is 21.8 Å². The maximum atomic E-state index is 11.9. The van der Waals surface area contributed by atoms with Crippen molar-refractivity contribution in [3.8, 4) is 16.9 Å². The molecular formula is C14H11Br2O3S. The summed E-state index contributed by atoms with van der Waals surface area (Å²) in [5.41, 5.74) is 1.28. The van der Waals surface area contributed by atoms with E-state index in [9.17, 15) is 8.42 Å². The Morgan fingerprint density at radius 1 is 1.20 bits per heavy atom. The predicted octanol–water partition coefficient (Wildman–Crippen LogP) is 4.09. The van der Waals surface area contributed by atoms with Crippen LogP contribution in [0.3, 0.4) is 0 Å². The van der Waals surface area contributed by atoms with Crippen LogP contribution in [-0.2, 0) is 9.84 Å². The lowest BCUT2D eigenvalue weighted by Gasteiger charge is -2.11. The van der Waals surface area contributed by atoms with Crippen molar-refractivity contribution in [1.29, 1.82) is 0 Å². The molecule has 6 heteroatoms. The lowest BCUT2D eigenvalue weighted by atomic mass is 10.1. The van der Waals surface area contributed by atoms with Crippen molar-refractivity contribution in [2.45, 2.75) is 4.90 Å². The Hall–Kier alpha value is -0.850. The molecule has 0 spiro atoms. The standard InChI is InChI=1S/C14H11Br2O3S/c1-19-14-11(15)7-9(8-12(14)16)10-5-3-4-6-13(10)20(2,17)18/h3-4,6-8H,1-2H3. The number of rotatable bonds is 3. The summed E-state index contributed by atoms with van der Waals surface area (Å²) in [6.07, 6.45) is 1.19. The zero-order valence-electron chi connectivity index (χ0n) is 10.8. The van der Waals surface area contributed by atoms with Gasteiger partial charge in [0, 0.05) is 11.8 Å². The fourth-order valence-corrected chi connectivity index (χ4v) is 4.24. The van der Waals surface area contributed by atoms with Crippen molar-refractivity contribution in [2.24, 2.45) is 0 Å². The van der Waals surface area contributed by atoms with E-state index in [1.165, 1.54) is 6.26 Å². The average Bonchev–Trinajstić information content (AvgIpc) is 2.37. The number of methoxy groups -OCH3 is 1. The summed E-state index contributed by atoms with van der Waals surface area (Å²) < 4.78 is 30.4. The first-order valence-corrected chi connectivity index (χ1v) is 9.06. The van der Waals surface area contributed by atoms with E-state index in [0.717, 1.165) is 14.5 Å². The average molecular weight is 419 g/mol. The normalized spacial score (nSPS) is 11.4. The molecule has 0 atom stereocenters. The minimum absolute atomic E-state index is 0.254. The van der Waals surface area contributed by atoms with Crippen LogP contribution >= 0.6 is 31.9 Å². The third kappa shape index (κ3) is 3.07. The van der Waals surface area contributed by atoms with Gasteiger partial charge in [0.2, 0.25) is 0 Å². The van der Waals surface area contributed by atoms with Crippen molar-refractivity contribution in [1.82, 2.24) is 0 Å². The smallest absolute Gasteiger partial charge is 0.176 e. The molecule has 0 bridgehead atoms. The molecule has 3 nitrogen and oxygen atoms in total.